The first kappa shape index (κ1) is 9.24. The van der Waals surface area contributed by atoms with Crippen molar-refractivity contribution in [2.24, 2.45) is 5.73 Å². The number of benzene rings is 1. The molecule has 0 fully saturated rings. The second kappa shape index (κ2) is 3.44. The number of aliphatic hydroxyl groups is 1. The first-order valence-corrected chi connectivity index (χ1v) is 4.70. The van der Waals surface area contributed by atoms with Crippen molar-refractivity contribution in [1.29, 1.82) is 0 Å². The van der Waals surface area contributed by atoms with E-state index in [1.807, 2.05) is 30.5 Å². The molecular formula is C11H14N2O. The molecule has 0 unspecified atom stereocenters. The third-order valence-corrected chi connectivity index (χ3v) is 2.50. The van der Waals surface area contributed by atoms with Crippen molar-refractivity contribution >= 4 is 10.9 Å². The highest BCUT2D eigenvalue weighted by atomic mass is 16.3. The molecular weight excluding hydrogens is 176 g/mol. The standard InChI is InChI=1S/C11H14N2O/c1-7(14)10(12)9-4-2-3-8-5-6-13-11(8)9/h2-7,10,13-14H,12H2,1H3/t7-,10-/m0/s1. The monoisotopic (exact) mass is 190 g/mol. The highest BCUT2D eigenvalue weighted by Gasteiger charge is 2.14. The van der Waals surface area contributed by atoms with Gasteiger partial charge in [0.25, 0.3) is 0 Å². The number of aromatic amines is 1. The smallest absolute Gasteiger partial charge is 0.0705 e. The fraction of sp³-hybridized carbons (Fsp3) is 0.273. The van der Waals surface area contributed by atoms with E-state index in [1.165, 1.54) is 0 Å². The first-order valence-electron chi connectivity index (χ1n) is 4.70. The molecule has 1 heterocycles. The first-order chi connectivity index (χ1) is 6.70. The molecule has 74 valence electrons. The lowest BCUT2D eigenvalue weighted by Crippen LogP contribution is -2.23. The maximum Gasteiger partial charge on any atom is 0.0705 e. The number of aromatic nitrogens is 1. The van der Waals surface area contributed by atoms with Crippen LogP contribution in [0.4, 0.5) is 0 Å². The Morgan fingerprint density at radius 3 is 2.86 bits per heavy atom. The summed E-state index contributed by atoms with van der Waals surface area (Å²) in [6.07, 6.45) is 1.34. The number of rotatable bonds is 2. The van der Waals surface area contributed by atoms with Crippen LogP contribution >= 0.6 is 0 Å². The van der Waals surface area contributed by atoms with Crippen LogP contribution in [-0.4, -0.2) is 16.2 Å². The van der Waals surface area contributed by atoms with E-state index in [0.717, 1.165) is 16.5 Å². The summed E-state index contributed by atoms with van der Waals surface area (Å²) >= 11 is 0. The summed E-state index contributed by atoms with van der Waals surface area (Å²) in [5, 5.41) is 10.6. The lowest BCUT2D eigenvalue weighted by atomic mass is 10.0. The Balaban J connectivity index is 2.56. The Bertz CT molecular complexity index is 434. The van der Waals surface area contributed by atoms with Gasteiger partial charge in [0.1, 0.15) is 0 Å². The van der Waals surface area contributed by atoms with Gasteiger partial charge >= 0.3 is 0 Å². The third-order valence-electron chi connectivity index (χ3n) is 2.50. The molecule has 3 heteroatoms. The zero-order valence-corrected chi connectivity index (χ0v) is 8.07. The normalized spacial score (nSPS) is 15.6. The van der Waals surface area contributed by atoms with E-state index in [9.17, 15) is 5.11 Å². The number of para-hydroxylation sites is 1. The second-order valence-electron chi connectivity index (χ2n) is 3.56. The summed E-state index contributed by atoms with van der Waals surface area (Å²) in [4.78, 5) is 3.13. The summed E-state index contributed by atoms with van der Waals surface area (Å²) in [7, 11) is 0. The van der Waals surface area contributed by atoms with E-state index in [0.29, 0.717) is 0 Å². The molecule has 1 aromatic heterocycles. The predicted octanol–water partition coefficient (Wildman–Crippen LogP) is 1.55. The fourth-order valence-electron chi connectivity index (χ4n) is 1.65. The molecule has 0 amide bonds. The van der Waals surface area contributed by atoms with Gasteiger partial charge in [-0.25, -0.2) is 0 Å². The van der Waals surface area contributed by atoms with E-state index < -0.39 is 6.10 Å². The molecule has 0 spiro atoms. The summed E-state index contributed by atoms with van der Waals surface area (Å²) in [5.74, 6) is 0. The average molecular weight is 190 g/mol. The number of fused-ring (bicyclic) bond motifs is 1. The Hall–Kier alpha value is -1.32. The van der Waals surface area contributed by atoms with Gasteiger partial charge in [0.15, 0.2) is 0 Å². The van der Waals surface area contributed by atoms with Crippen LogP contribution in [0.3, 0.4) is 0 Å². The highest BCUT2D eigenvalue weighted by molar-refractivity contribution is 5.82. The molecule has 0 radical (unpaired) electrons. The molecule has 4 N–H and O–H groups in total. The van der Waals surface area contributed by atoms with Crippen LogP contribution < -0.4 is 5.73 Å². The van der Waals surface area contributed by atoms with Crippen molar-refractivity contribution in [3.8, 4) is 0 Å². The minimum absolute atomic E-state index is 0.336. The number of nitrogens with one attached hydrogen (secondary N) is 1. The number of aliphatic hydroxyl groups excluding tert-OH is 1. The molecule has 0 aliphatic rings. The van der Waals surface area contributed by atoms with E-state index in [-0.39, 0.29) is 6.04 Å². The van der Waals surface area contributed by atoms with Crippen molar-refractivity contribution in [3.05, 3.63) is 36.0 Å². The van der Waals surface area contributed by atoms with Gasteiger partial charge in [-0.15, -0.1) is 0 Å². The third kappa shape index (κ3) is 1.41. The molecule has 0 aliphatic carbocycles. The fourth-order valence-corrected chi connectivity index (χ4v) is 1.65. The lowest BCUT2D eigenvalue weighted by molar-refractivity contribution is 0.165. The molecule has 2 rings (SSSR count). The van der Waals surface area contributed by atoms with Crippen molar-refractivity contribution in [2.75, 3.05) is 0 Å². The summed E-state index contributed by atoms with van der Waals surface area (Å²) in [5.41, 5.74) is 7.87. The van der Waals surface area contributed by atoms with Crippen LogP contribution in [-0.2, 0) is 0 Å². The van der Waals surface area contributed by atoms with Crippen molar-refractivity contribution in [3.63, 3.8) is 0 Å². The van der Waals surface area contributed by atoms with Gasteiger partial charge in [0, 0.05) is 6.20 Å². The van der Waals surface area contributed by atoms with E-state index >= 15 is 0 Å². The molecule has 0 saturated heterocycles. The predicted molar refractivity (Wildman–Crippen MR) is 56.9 cm³/mol. The Labute approximate surface area is 82.6 Å². The number of nitrogens with two attached hydrogens (primary N) is 1. The topological polar surface area (TPSA) is 62.0 Å². The van der Waals surface area contributed by atoms with Crippen LogP contribution in [0.2, 0.25) is 0 Å². The summed E-state index contributed by atoms with van der Waals surface area (Å²) in [6.45, 7) is 1.70. The van der Waals surface area contributed by atoms with Gasteiger partial charge in [-0.05, 0) is 23.9 Å². The molecule has 0 saturated carbocycles. The molecule has 0 bridgehead atoms. The van der Waals surface area contributed by atoms with Crippen LogP contribution in [0.25, 0.3) is 10.9 Å². The van der Waals surface area contributed by atoms with Gasteiger partial charge in [0.2, 0.25) is 0 Å². The number of hydrogen-bond donors (Lipinski definition) is 3. The Kier molecular flexibility index (Phi) is 2.27. The highest BCUT2D eigenvalue weighted by Crippen LogP contribution is 2.23. The van der Waals surface area contributed by atoms with Gasteiger partial charge in [0.05, 0.1) is 17.7 Å². The Morgan fingerprint density at radius 2 is 2.14 bits per heavy atom. The van der Waals surface area contributed by atoms with Crippen molar-refractivity contribution in [2.45, 2.75) is 19.1 Å². The van der Waals surface area contributed by atoms with E-state index in [1.54, 1.807) is 6.92 Å². The SMILES string of the molecule is C[C@H](O)[C@H](N)c1cccc2cc[nH]c12. The van der Waals surface area contributed by atoms with Crippen molar-refractivity contribution in [1.82, 2.24) is 4.98 Å². The second-order valence-corrected chi connectivity index (χ2v) is 3.56. The molecule has 1 aromatic carbocycles. The summed E-state index contributed by atoms with van der Waals surface area (Å²) < 4.78 is 0. The Morgan fingerprint density at radius 1 is 1.36 bits per heavy atom. The maximum absolute atomic E-state index is 9.43. The zero-order valence-electron chi connectivity index (χ0n) is 8.07. The molecule has 2 aromatic rings. The van der Waals surface area contributed by atoms with Crippen LogP contribution in [0, 0.1) is 0 Å². The molecule has 0 aliphatic heterocycles. The van der Waals surface area contributed by atoms with Gasteiger partial charge in [-0.1, -0.05) is 18.2 Å². The van der Waals surface area contributed by atoms with Gasteiger partial charge < -0.3 is 15.8 Å². The molecule has 2 atom stereocenters. The molecule has 14 heavy (non-hydrogen) atoms. The van der Waals surface area contributed by atoms with Crippen molar-refractivity contribution < 1.29 is 5.11 Å². The van der Waals surface area contributed by atoms with Crippen LogP contribution in [0.1, 0.15) is 18.5 Å². The minimum atomic E-state index is -0.538. The van der Waals surface area contributed by atoms with Gasteiger partial charge in [-0.2, -0.15) is 0 Å². The maximum atomic E-state index is 9.43. The van der Waals surface area contributed by atoms with E-state index in [4.69, 9.17) is 5.73 Å². The average Bonchev–Trinajstić information content (AvgIpc) is 2.63. The van der Waals surface area contributed by atoms with Crippen LogP contribution in [0.15, 0.2) is 30.5 Å². The van der Waals surface area contributed by atoms with E-state index in [2.05, 4.69) is 4.98 Å². The number of H-pyrrole nitrogens is 1. The quantitative estimate of drug-likeness (QED) is 0.672. The molecule has 3 nitrogen and oxygen atoms in total. The summed E-state index contributed by atoms with van der Waals surface area (Å²) in [6, 6.07) is 7.57. The van der Waals surface area contributed by atoms with Crippen LogP contribution in [0.5, 0.6) is 0 Å². The largest absolute Gasteiger partial charge is 0.391 e. The minimum Gasteiger partial charge on any atom is -0.391 e. The lowest BCUT2D eigenvalue weighted by Gasteiger charge is -2.15. The van der Waals surface area contributed by atoms with Gasteiger partial charge in [-0.3, -0.25) is 0 Å². The zero-order chi connectivity index (χ0) is 10.1. The number of hydrogen-bond acceptors (Lipinski definition) is 2.